The second-order valence-electron chi connectivity index (χ2n) is 5.75. The van der Waals surface area contributed by atoms with E-state index in [2.05, 4.69) is 5.10 Å². The number of hydrogen-bond donors (Lipinski definition) is 0. The van der Waals surface area contributed by atoms with E-state index in [0.29, 0.717) is 43.3 Å². The van der Waals surface area contributed by atoms with Crippen molar-refractivity contribution in [3.05, 3.63) is 29.7 Å². The van der Waals surface area contributed by atoms with Gasteiger partial charge in [-0.2, -0.15) is 5.10 Å². The molecule has 0 unspecified atom stereocenters. The van der Waals surface area contributed by atoms with Crippen LogP contribution >= 0.6 is 0 Å². The van der Waals surface area contributed by atoms with E-state index in [9.17, 15) is 9.59 Å². The summed E-state index contributed by atoms with van der Waals surface area (Å²) in [6.45, 7) is 5.65. The smallest absolute Gasteiger partial charge is 0.272 e. The van der Waals surface area contributed by atoms with Crippen molar-refractivity contribution in [1.82, 2.24) is 19.6 Å². The zero-order valence-electron chi connectivity index (χ0n) is 13.6. The van der Waals surface area contributed by atoms with Crippen LogP contribution in [-0.2, 0) is 11.8 Å². The van der Waals surface area contributed by atoms with E-state index in [1.54, 1.807) is 34.5 Å². The van der Waals surface area contributed by atoms with Crippen molar-refractivity contribution in [3.63, 3.8) is 0 Å². The van der Waals surface area contributed by atoms with Crippen LogP contribution in [0.1, 0.15) is 23.2 Å². The highest BCUT2D eigenvalue weighted by molar-refractivity contribution is 5.93. The lowest BCUT2D eigenvalue weighted by Gasteiger charge is -2.34. The molecule has 1 saturated heterocycles. The normalized spacial score (nSPS) is 15.1. The Kier molecular flexibility index (Phi) is 3.94. The number of amides is 2. The molecule has 1 aliphatic heterocycles. The van der Waals surface area contributed by atoms with Gasteiger partial charge in [0.15, 0.2) is 5.76 Å². The van der Waals surface area contributed by atoms with Crippen molar-refractivity contribution in [2.24, 2.45) is 7.05 Å². The highest BCUT2D eigenvalue weighted by Gasteiger charge is 2.26. The van der Waals surface area contributed by atoms with Crippen LogP contribution in [0.2, 0.25) is 0 Å². The van der Waals surface area contributed by atoms with Gasteiger partial charge in [0.2, 0.25) is 5.91 Å². The lowest BCUT2D eigenvalue weighted by Crippen LogP contribution is -2.50. The van der Waals surface area contributed by atoms with E-state index in [1.807, 2.05) is 19.1 Å². The van der Waals surface area contributed by atoms with Crippen molar-refractivity contribution < 1.29 is 14.0 Å². The third-order valence-electron chi connectivity index (χ3n) is 4.10. The van der Waals surface area contributed by atoms with Gasteiger partial charge in [0.05, 0.1) is 0 Å². The average molecular weight is 316 g/mol. The van der Waals surface area contributed by atoms with Crippen LogP contribution in [0.4, 0.5) is 0 Å². The average Bonchev–Trinajstić information content (AvgIpc) is 3.12. The molecule has 0 saturated carbocycles. The van der Waals surface area contributed by atoms with Crippen molar-refractivity contribution >= 4 is 11.8 Å². The van der Waals surface area contributed by atoms with Crippen LogP contribution in [0.25, 0.3) is 11.5 Å². The Labute approximate surface area is 134 Å². The first kappa shape index (κ1) is 15.3. The maximum atomic E-state index is 12.7. The maximum Gasteiger partial charge on any atom is 0.272 e. The van der Waals surface area contributed by atoms with Crippen molar-refractivity contribution in [2.75, 3.05) is 26.2 Å². The van der Waals surface area contributed by atoms with Crippen LogP contribution in [0.3, 0.4) is 0 Å². The number of hydrogen-bond acceptors (Lipinski definition) is 4. The first-order valence-corrected chi connectivity index (χ1v) is 7.61. The fourth-order valence-corrected chi connectivity index (χ4v) is 2.75. The van der Waals surface area contributed by atoms with Gasteiger partial charge in [-0.25, -0.2) is 0 Å². The van der Waals surface area contributed by atoms with Gasteiger partial charge < -0.3 is 14.2 Å². The zero-order valence-corrected chi connectivity index (χ0v) is 13.6. The maximum absolute atomic E-state index is 12.7. The molecule has 2 aromatic rings. The predicted octanol–water partition coefficient (Wildman–Crippen LogP) is 1.29. The van der Waals surface area contributed by atoms with Crippen molar-refractivity contribution in [1.29, 1.82) is 0 Å². The summed E-state index contributed by atoms with van der Waals surface area (Å²) in [6.07, 6.45) is 0. The van der Waals surface area contributed by atoms with Gasteiger partial charge in [0, 0.05) is 46.2 Å². The van der Waals surface area contributed by atoms with Crippen LogP contribution < -0.4 is 0 Å². The first-order chi connectivity index (χ1) is 11.0. The largest absolute Gasteiger partial charge is 0.460 e. The topological polar surface area (TPSA) is 71.6 Å². The molecule has 1 aliphatic rings. The molecule has 2 aromatic heterocycles. The lowest BCUT2D eigenvalue weighted by atomic mass is 10.2. The number of nitrogens with zero attached hydrogens (tertiary/aromatic N) is 4. The summed E-state index contributed by atoms with van der Waals surface area (Å²) in [6, 6.07) is 5.46. The summed E-state index contributed by atoms with van der Waals surface area (Å²) in [4.78, 5) is 27.5. The Morgan fingerprint density at radius 3 is 2.35 bits per heavy atom. The molecule has 0 aliphatic carbocycles. The third kappa shape index (κ3) is 2.99. The fourth-order valence-electron chi connectivity index (χ4n) is 2.75. The van der Waals surface area contributed by atoms with Crippen LogP contribution in [0.5, 0.6) is 0 Å². The Bertz CT molecular complexity index is 738. The molecule has 0 atom stereocenters. The molecule has 3 heterocycles. The van der Waals surface area contributed by atoms with Gasteiger partial charge in [-0.15, -0.1) is 0 Å². The van der Waals surface area contributed by atoms with Crippen molar-refractivity contribution in [2.45, 2.75) is 13.8 Å². The third-order valence-corrected chi connectivity index (χ3v) is 4.10. The van der Waals surface area contributed by atoms with Gasteiger partial charge in [0.25, 0.3) is 5.91 Å². The minimum Gasteiger partial charge on any atom is -0.460 e. The molecule has 0 spiro atoms. The van der Waals surface area contributed by atoms with Gasteiger partial charge in [-0.3, -0.25) is 14.3 Å². The monoisotopic (exact) mass is 316 g/mol. The standard InChI is InChI=1S/C16H20N4O3/c1-11-4-5-15(23-11)13-10-14(18(3)17-13)16(22)20-8-6-19(7-9-20)12(2)21/h4-5,10H,6-9H2,1-3H3. The number of furan rings is 1. The van der Waals surface area contributed by atoms with E-state index < -0.39 is 0 Å². The summed E-state index contributed by atoms with van der Waals surface area (Å²) >= 11 is 0. The van der Waals surface area contributed by atoms with E-state index in [1.165, 1.54) is 0 Å². The highest BCUT2D eigenvalue weighted by Crippen LogP contribution is 2.22. The van der Waals surface area contributed by atoms with Crippen molar-refractivity contribution in [3.8, 4) is 11.5 Å². The van der Waals surface area contributed by atoms with E-state index in [-0.39, 0.29) is 11.8 Å². The summed E-state index contributed by atoms with van der Waals surface area (Å²) < 4.78 is 7.13. The van der Waals surface area contributed by atoms with E-state index >= 15 is 0 Å². The zero-order chi connectivity index (χ0) is 16.6. The first-order valence-electron chi connectivity index (χ1n) is 7.61. The molecule has 7 heteroatoms. The second-order valence-corrected chi connectivity index (χ2v) is 5.75. The number of carbonyl (C=O) groups excluding carboxylic acids is 2. The number of piperazine rings is 1. The second kappa shape index (κ2) is 5.91. The Morgan fingerprint density at radius 2 is 1.78 bits per heavy atom. The summed E-state index contributed by atoms with van der Waals surface area (Å²) in [5.74, 6) is 1.43. The fraction of sp³-hybridized carbons (Fsp3) is 0.438. The molecular weight excluding hydrogens is 296 g/mol. The molecule has 0 aromatic carbocycles. The molecular formula is C16H20N4O3. The number of rotatable bonds is 2. The minimum absolute atomic E-state index is 0.0492. The van der Waals surface area contributed by atoms with Gasteiger partial charge in [-0.05, 0) is 19.1 Å². The van der Waals surface area contributed by atoms with Gasteiger partial charge in [-0.1, -0.05) is 0 Å². The minimum atomic E-state index is -0.0715. The SMILES string of the molecule is CC(=O)N1CCN(C(=O)c2cc(-c3ccc(C)o3)nn2C)CC1. The summed E-state index contributed by atoms with van der Waals surface area (Å²) in [5, 5.41) is 4.36. The lowest BCUT2D eigenvalue weighted by molar-refractivity contribution is -0.130. The van der Waals surface area contributed by atoms with Gasteiger partial charge in [0.1, 0.15) is 17.1 Å². The molecule has 1 fully saturated rings. The van der Waals surface area contributed by atoms with E-state index in [0.717, 1.165) is 5.76 Å². The highest BCUT2D eigenvalue weighted by atomic mass is 16.3. The van der Waals surface area contributed by atoms with Gasteiger partial charge >= 0.3 is 0 Å². The molecule has 0 bridgehead atoms. The molecule has 7 nitrogen and oxygen atoms in total. The molecule has 2 amide bonds. The molecule has 122 valence electrons. The number of carbonyl (C=O) groups is 2. The number of aromatic nitrogens is 2. The molecule has 0 N–H and O–H groups in total. The molecule has 3 rings (SSSR count). The van der Waals surface area contributed by atoms with Crippen LogP contribution in [-0.4, -0.2) is 57.6 Å². The van der Waals surface area contributed by atoms with Crippen LogP contribution in [0.15, 0.2) is 22.6 Å². The Balaban J connectivity index is 1.76. The molecule has 0 radical (unpaired) electrons. The summed E-state index contributed by atoms with van der Waals surface area (Å²) in [5.41, 5.74) is 1.16. The quantitative estimate of drug-likeness (QED) is 0.837. The Morgan fingerprint density at radius 1 is 1.13 bits per heavy atom. The van der Waals surface area contributed by atoms with Crippen LogP contribution in [0, 0.1) is 6.92 Å². The van der Waals surface area contributed by atoms with E-state index in [4.69, 9.17) is 4.42 Å². The number of aryl methyl sites for hydroxylation is 2. The Hall–Kier alpha value is -2.57. The predicted molar refractivity (Wildman–Crippen MR) is 83.8 cm³/mol. The molecule has 23 heavy (non-hydrogen) atoms. The summed E-state index contributed by atoms with van der Waals surface area (Å²) in [7, 11) is 1.75.